The van der Waals surface area contributed by atoms with Gasteiger partial charge in [-0.15, -0.1) is 0 Å². The molecular formula is C14H23N3O7. The molecule has 1 amide bonds. The molecular weight excluding hydrogens is 322 g/mol. The summed E-state index contributed by atoms with van der Waals surface area (Å²) < 4.78 is 0. The van der Waals surface area contributed by atoms with Crippen LogP contribution in [0.4, 0.5) is 0 Å². The van der Waals surface area contributed by atoms with Crippen molar-refractivity contribution in [2.24, 2.45) is 0 Å². The average Bonchev–Trinajstić information content (AvgIpc) is 2.58. The molecule has 0 aromatic carbocycles. The van der Waals surface area contributed by atoms with E-state index in [9.17, 15) is 25.2 Å². The van der Waals surface area contributed by atoms with Crippen molar-refractivity contribution in [1.29, 1.82) is 0 Å². The minimum Gasteiger partial charge on any atom is -0.394 e. The summed E-state index contributed by atoms with van der Waals surface area (Å²) in [5.74, 6) is -0.381. The van der Waals surface area contributed by atoms with E-state index >= 15 is 0 Å². The van der Waals surface area contributed by atoms with E-state index < -0.39 is 43.7 Å². The highest BCUT2D eigenvalue weighted by Crippen LogP contribution is 2.16. The lowest BCUT2D eigenvalue weighted by Gasteiger charge is -2.22. The van der Waals surface area contributed by atoms with Gasteiger partial charge in [-0.1, -0.05) is 0 Å². The van der Waals surface area contributed by atoms with Crippen LogP contribution in [0.1, 0.15) is 24.4 Å². The standard InChI is InChI=1S/C14H23N3O7/c1-7(20)17-9(11(21)5-18)2-8-3-16-10(4-15-8)13(23)14(24)12(22)6-19/h3-4,9,11-14,18-19,21-24H,2,5-6H2,1H3,(H,17,20)/t9-,11-,12-,13-,14-/m1/s1. The maximum atomic E-state index is 11.1. The van der Waals surface area contributed by atoms with Crippen molar-refractivity contribution in [2.45, 2.75) is 43.8 Å². The van der Waals surface area contributed by atoms with Crippen LogP contribution in [0.5, 0.6) is 0 Å². The molecule has 1 aromatic heterocycles. The minimum absolute atomic E-state index is 0.0162. The molecule has 0 fully saturated rings. The molecule has 10 heteroatoms. The first-order valence-corrected chi connectivity index (χ1v) is 7.32. The van der Waals surface area contributed by atoms with Crippen LogP contribution in [0.25, 0.3) is 0 Å². The first kappa shape index (κ1) is 20.4. The summed E-state index contributed by atoms with van der Waals surface area (Å²) >= 11 is 0. The number of carbonyl (C=O) groups excluding carboxylic acids is 1. The molecule has 10 nitrogen and oxygen atoms in total. The number of aliphatic hydroxyl groups excluding tert-OH is 6. The Morgan fingerprint density at radius 3 is 2.17 bits per heavy atom. The molecule has 136 valence electrons. The minimum atomic E-state index is -1.63. The normalized spacial score (nSPS) is 17.6. The van der Waals surface area contributed by atoms with Crippen LogP contribution in [0.3, 0.4) is 0 Å². The van der Waals surface area contributed by atoms with Gasteiger partial charge in [-0.25, -0.2) is 0 Å². The number of rotatable bonds is 9. The van der Waals surface area contributed by atoms with Crippen molar-refractivity contribution in [3.05, 3.63) is 23.8 Å². The zero-order chi connectivity index (χ0) is 18.3. The van der Waals surface area contributed by atoms with Crippen LogP contribution in [0.2, 0.25) is 0 Å². The van der Waals surface area contributed by atoms with Crippen LogP contribution in [0.15, 0.2) is 12.4 Å². The quantitative estimate of drug-likeness (QED) is 0.241. The monoisotopic (exact) mass is 345 g/mol. The molecule has 0 aliphatic rings. The van der Waals surface area contributed by atoms with E-state index in [4.69, 9.17) is 10.2 Å². The summed E-state index contributed by atoms with van der Waals surface area (Å²) in [7, 11) is 0. The molecule has 0 spiro atoms. The predicted octanol–water partition coefficient (Wildman–Crippen LogP) is -3.38. The van der Waals surface area contributed by atoms with Crippen molar-refractivity contribution in [3.63, 3.8) is 0 Å². The fourth-order valence-corrected chi connectivity index (χ4v) is 2.01. The fourth-order valence-electron chi connectivity index (χ4n) is 2.01. The van der Waals surface area contributed by atoms with E-state index in [0.29, 0.717) is 5.69 Å². The molecule has 0 unspecified atom stereocenters. The Labute approximate surface area is 138 Å². The van der Waals surface area contributed by atoms with Crippen molar-refractivity contribution in [3.8, 4) is 0 Å². The third-order valence-electron chi connectivity index (χ3n) is 3.40. The second-order valence-electron chi connectivity index (χ2n) is 5.38. The van der Waals surface area contributed by atoms with E-state index in [1.54, 1.807) is 0 Å². The van der Waals surface area contributed by atoms with Crippen LogP contribution in [-0.4, -0.2) is 84.1 Å². The van der Waals surface area contributed by atoms with E-state index in [-0.39, 0.29) is 18.0 Å². The molecule has 24 heavy (non-hydrogen) atoms. The summed E-state index contributed by atoms with van der Waals surface area (Å²) in [5.41, 5.74) is 0.354. The molecule has 0 aliphatic heterocycles. The zero-order valence-electron chi connectivity index (χ0n) is 13.1. The maximum absolute atomic E-state index is 11.1. The smallest absolute Gasteiger partial charge is 0.217 e. The van der Waals surface area contributed by atoms with Gasteiger partial charge in [-0.05, 0) is 0 Å². The zero-order valence-corrected chi connectivity index (χ0v) is 13.1. The first-order chi connectivity index (χ1) is 11.3. The molecule has 0 bridgehead atoms. The van der Waals surface area contributed by atoms with Crippen LogP contribution >= 0.6 is 0 Å². The van der Waals surface area contributed by atoms with Gasteiger partial charge >= 0.3 is 0 Å². The topological polar surface area (TPSA) is 176 Å². The maximum Gasteiger partial charge on any atom is 0.217 e. The van der Waals surface area contributed by atoms with Crippen molar-refractivity contribution >= 4 is 5.91 Å². The molecule has 1 aromatic rings. The van der Waals surface area contributed by atoms with Crippen LogP contribution in [-0.2, 0) is 11.2 Å². The van der Waals surface area contributed by atoms with Gasteiger partial charge < -0.3 is 36.0 Å². The van der Waals surface area contributed by atoms with Gasteiger partial charge in [0.05, 0.1) is 42.9 Å². The molecule has 0 saturated heterocycles. The highest BCUT2D eigenvalue weighted by atomic mass is 16.4. The molecule has 1 heterocycles. The Morgan fingerprint density at radius 2 is 1.71 bits per heavy atom. The Kier molecular flexibility index (Phi) is 8.11. The van der Waals surface area contributed by atoms with Gasteiger partial charge in [0, 0.05) is 19.5 Å². The predicted molar refractivity (Wildman–Crippen MR) is 80.5 cm³/mol. The number of amides is 1. The Balaban J connectivity index is 2.80. The van der Waals surface area contributed by atoms with Crippen LogP contribution < -0.4 is 5.32 Å². The van der Waals surface area contributed by atoms with Gasteiger partial charge in [-0.2, -0.15) is 0 Å². The molecule has 0 aliphatic carbocycles. The summed E-state index contributed by atoms with van der Waals surface area (Å²) in [6.45, 7) is 0.0116. The number of carbonyl (C=O) groups is 1. The number of hydrogen-bond donors (Lipinski definition) is 7. The van der Waals surface area contributed by atoms with Gasteiger partial charge in [0.1, 0.15) is 18.3 Å². The second kappa shape index (κ2) is 9.57. The van der Waals surface area contributed by atoms with E-state index in [0.717, 1.165) is 0 Å². The van der Waals surface area contributed by atoms with Crippen molar-refractivity contribution in [1.82, 2.24) is 15.3 Å². The van der Waals surface area contributed by atoms with Crippen LogP contribution in [0, 0.1) is 0 Å². The lowest BCUT2D eigenvalue weighted by molar-refractivity contribution is -0.120. The molecule has 5 atom stereocenters. The fraction of sp³-hybridized carbons (Fsp3) is 0.643. The lowest BCUT2D eigenvalue weighted by atomic mass is 10.0. The Hall–Kier alpha value is -1.69. The Bertz CT molecular complexity index is 514. The largest absolute Gasteiger partial charge is 0.394 e. The summed E-state index contributed by atoms with van der Waals surface area (Å²) in [4.78, 5) is 19.1. The Morgan fingerprint density at radius 1 is 1.08 bits per heavy atom. The number of aromatic nitrogens is 2. The van der Waals surface area contributed by atoms with Crippen molar-refractivity contribution < 1.29 is 35.4 Å². The average molecular weight is 345 g/mol. The SMILES string of the molecule is CC(=O)N[C@H](Cc1cnc([C@@H](O)[C@H](O)[C@H](O)CO)cn1)[C@H](O)CO. The van der Waals surface area contributed by atoms with Crippen molar-refractivity contribution in [2.75, 3.05) is 13.2 Å². The second-order valence-corrected chi connectivity index (χ2v) is 5.38. The van der Waals surface area contributed by atoms with E-state index in [1.807, 2.05) is 0 Å². The summed E-state index contributed by atoms with van der Waals surface area (Å²) in [5, 5.41) is 58.7. The number of aliphatic hydroxyl groups is 6. The third-order valence-corrected chi connectivity index (χ3v) is 3.40. The number of hydrogen-bond acceptors (Lipinski definition) is 9. The summed E-state index contributed by atoms with van der Waals surface area (Å²) in [6, 6.07) is -0.764. The number of nitrogens with zero attached hydrogens (tertiary/aromatic N) is 2. The van der Waals surface area contributed by atoms with E-state index in [2.05, 4.69) is 15.3 Å². The molecule has 7 N–H and O–H groups in total. The lowest BCUT2D eigenvalue weighted by Crippen LogP contribution is -2.45. The highest BCUT2D eigenvalue weighted by Gasteiger charge is 2.27. The van der Waals surface area contributed by atoms with Gasteiger partial charge in [0.25, 0.3) is 0 Å². The molecule has 0 saturated carbocycles. The van der Waals surface area contributed by atoms with Gasteiger partial charge in [0.15, 0.2) is 0 Å². The molecule has 1 rings (SSSR count). The van der Waals surface area contributed by atoms with Gasteiger partial charge in [0.2, 0.25) is 5.91 Å². The summed E-state index contributed by atoms with van der Waals surface area (Å²) in [6.07, 6.45) is -3.33. The molecule has 0 radical (unpaired) electrons. The first-order valence-electron chi connectivity index (χ1n) is 7.32. The third kappa shape index (κ3) is 5.74. The number of nitrogens with one attached hydrogen (secondary N) is 1. The highest BCUT2D eigenvalue weighted by molar-refractivity contribution is 5.73. The van der Waals surface area contributed by atoms with Gasteiger partial charge in [-0.3, -0.25) is 14.8 Å². The van der Waals surface area contributed by atoms with E-state index in [1.165, 1.54) is 19.3 Å².